The quantitative estimate of drug-likeness (QED) is 0.838. The fourth-order valence-corrected chi connectivity index (χ4v) is 4.59. The van der Waals surface area contributed by atoms with Crippen LogP contribution in [0.25, 0.3) is 0 Å². The van der Waals surface area contributed by atoms with Gasteiger partial charge in [-0.3, -0.25) is 4.79 Å². The van der Waals surface area contributed by atoms with Crippen molar-refractivity contribution in [1.82, 2.24) is 10.3 Å². The van der Waals surface area contributed by atoms with E-state index in [2.05, 4.69) is 15.2 Å². The molecule has 1 aromatic carbocycles. The van der Waals surface area contributed by atoms with Crippen molar-refractivity contribution in [3.05, 3.63) is 59.5 Å². The van der Waals surface area contributed by atoms with Gasteiger partial charge in [0.25, 0.3) is 0 Å². The maximum Gasteiger partial charge on any atom is 0.230 e. The predicted octanol–water partition coefficient (Wildman–Crippen LogP) is 4.34. The zero-order chi connectivity index (χ0) is 19.4. The zero-order valence-electron chi connectivity index (χ0n) is 16.3. The molecule has 28 heavy (non-hydrogen) atoms. The summed E-state index contributed by atoms with van der Waals surface area (Å²) in [7, 11) is 0. The van der Waals surface area contributed by atoms with Crippen LogP contribution < -0.4 is 10.2 Å². The number of anilines is 1. The first kappa shape index (κ1) is 18.9. The number of amides is 1. The van der Waals surface area contributed by atoms with Gasteiger partial charge >= 0.3 is 0 Å². The Morgan fingerprint density at radius 1 is 1.07 bits per heavy atom. The summed E-state index contributed by atoms with van der Waals surface area (Å²) in [5.74, 6) is 0.728. The first-order valence-electron chi connectivity index (χ1n) is 10.4. The number of aromatic nitrogens is 1. The third-order valence-electron chi connectivity index (χ3n) is 6.21. The van der Waals surface area contributed by atoms with Crippen LogP contribution in [0.1, 0.15) is 56.1 Å². The van der Waals surface area contributed by atoms with Crippen molar-refractivity contribution in [2.75, 3.05) is 18.0 Å². The Morgan fingerprint density at radius 3 is 2.54 bits per heavy atom. The molecule has 4 nitrogen and oxygen atoms in total. The van der Waals surface area contributed by atoms with Gasteiger partial charge in [0.2, 0.25) is 5.91 Å². The molecule has 0 unspecified atom stereocenters. The molecule has 1 aliphatic carbocycles. The highest BCUT2D eigenvalue weighted by molar-refractivity contribution is 5.88. The molecule has 2 fully saturated rings. The number of nitrogens with one attached hydrogen (secondary N) is 1. The number of nitrogens with zero attached hydrogens (tertiary/aromatic N) is 2. The monoisotopic (exact) mass is 381 g/mol. The zero-order valence-corrected chi connectivity index (χ0v) is 16.3. The van der Waals surface area contributed by atoms with Crippen LogP contribution >= 0.6 is 0 Å². The third kappa shape index (κ3) is 3.89. The largest absolute Gasteiger partial charge is 0.357 e. The summed E-state index contributed by atoms with van der Waals surface area (Å²) in [5.41, 5.74) is 1.17. The molecule has 4 rings (SSSR count). The minimum Gasteiger partial charge on any atom is -0.357 e. The third-order valence-corrected chi connectivity index (χ3v) is 6.21. The first-order chi connectivity index (χ1) is 13.7. The van der Waals surface area contributed by atoms with Crippen LogP contribution in [0.5, 0.6) is 0 Å². The molecule has 148 valence electrons. The van der Waals surface area contributed by atoms with Crippen molar-refractivity contribution in [2.45, 2.75) is 56.9 Å². The average molecular weight is 381 g/mol. The van der Waals surface area contributed by atoms with Gasteiger partial charge in [0, 0.05) is 25.8 Å². The molecular formula is C23H28FN3O. The van der Waals surface area contributed by atoms with E-state index in [9.17, 15) is 9.18 Å². The van der Waals surface area contributed by atoms with Crippen molar-refractivity contribution in [1.29, 1.82) is 0 Å². The molecule has 2 aromatic rings. The lowest BCUT2D eigenvalue weighted by molar-refractivity contribution is -0.126. The Kier molecular flexibility index (Phi) is 5.60. The number of carbonyl (C=O) groups excluding carboxylic acids is 1. The summed E-state index contributed by atoms with van der Waals surface area (Å²) in [6.07, 6.45) is 9.14. The molecule has 2 heterocycles. The fourth-order valence-electron chi connectivity index (χ4n) is 4.59. The molecule has 0 radical (unpaired) electrons. The molecule has 1 saturated carbocycles. The lowest BCUT2D eigenvalue weighted by atomic mass is 9.78. The Balaban J connectivity index is 1.42. The number of pyridine rings is 1. The molecular weight excluding hydrogens is 353 g/mol. The number of hydrogen-bond acceptors (Lipinski definition) is 3. The molecule has 1 aromatic heterocycles. The highest BCUT2D eigenvalue weighted by Crippen LogP contribution is 2.41. The van der Waals surface area contributed by atoms with E-state index in [-0.39, 0.29) is 11.7 Å². The van der Waals surface area contributed by atoms with Gasteiger partial charge in [-0.1, -0.05) is 31.0 Å². The van der Waals surface area contributed by atoms with Crippen LogP contribution in [-0.4, -0.2) is 24.0 Å². The van der Waals surface area contributed by atoms with Gasteiger partial charge in [-0.2, -0.15) is 0 Å². The molecule has 5 heteroatoms. The van der Waals surface area contributed by atoms with Gasteiger partial charge in [-0.15, -0.1) is 0 Å². The normalized spacial score (nSPS) is 18.8. The van der Waals surface area contributed by atoms with Crippen LogP contribution in [0.2, 0.25) is 0 Å². The van der Waals surface area contributed by atoms with E-state index in [1.165, 1.54) is 31.4 Å². The van der Waals surface area contributed by atoms with Gasteiger partial charge in [-0.05, 0) is 61.4 Å². The Morgan fingerprint density at radius 2 is 1.86 bits per heavy atom. The molecule has 0 spiro atoms. The van der Waals surface area contributed by atoms with Crippen molar-refractivity contribution >= 4 is 11.7 Å². The summed E-state index contributed by atoms with van der Waals surface area (Å²) in [6.45, 7) is 2.58. The average Bonchev–Trinajstić information content (AvgIpc) is 3.24. The van der Waals surface area contributed by atoms with E-state index in [1.807, 2.05) is 24.4 Å². The second-order valence-corrected chi connectivity index (χ2v) is 8.05. The topological polar surface area (TPSA) is 45.2 Å². The maximum absolute atomic E-state index is 13.8. The van der Waals surface area contributed by atoms with Gasteiger partial charge < -0.3 is 10.2 Å². The Labute approximate surface area is 166 Å². The van der Waals surface area contributed by atoms with E-state index < -0.39 is 5.41 Å². The lowest BCUT2D eigenvalue weighted by Gasteiger charge is -2.29. The molecule has 0 atom stereocenters. The lowest BCUT2D eigenvalue weighted by Crippen LogP contribution is -2.42. The van der Waals surface area contributed by atoms with E-state index in [4.69, 9.17) is 0 Å². The highest BCUT2D eigenvalue weighted by Gasteiger charge is 2.42. The summed E-state index contributed by atoms with van der Waals surface area (Å²) < 4.78 is 13.8. The van der Waals surface area contributed by atoms with E-state index >= 15 is 0 Å². The van der Waals surface area contributed by atoms with Crippen LogP contribution in [0.3, 0.4) is 0 Å². The molecule has 1 N–H and O–H groups in total. The molecule has 2 aliphatic rings. The SMILES string of the molecule is O=C(NCc1ccc(N2CCCCC2)nc1)C1(c2cccc(F)c2)CCCC1. The Bertz CT molecular complexity index is 809. The number of piperidine rings is 1. The smallest absolute Gasteiger partial charge is 0.230 e. The second kappa shape index (κ2) is 8.29. The number of carbonyl (C=O) groups is 1. The van der Waals surface area contributed by atoms with Crippen molar-refractivity contribution in [2.24, 2.45) is 0 Å². The second-order valence-electron chi connectivity index (χ2n) is 8.05. The van der Waals surface area contributed by atoms with Crippen LogP contribution in [0.4, 0.5) is 10.2 Å². The van der Waals surface area contributed by atoms with Gasteiger partial charge in [0.15, 0.2) is 0 Å². The fraction of sp³-hybridized carbons (Fsp3) is 0.478. The highest BCUT2D eigenvalue weighted by atomic mass is 19.1. The van der Waals surface area contributed by atoms with Gasteiger partial charge in [-0.25, -0.2) is 9.37 Å². The molecule has 0 bridgehead atoms. The number of halogens is 1. The minimum absolute atomic E-state index is 0.00397. The van der Waals surface area contributed by atoms with E-state index in [0.29, 0.717) is 6.54 Å². The van der Waals surface area contributed by atoms with E-state index in [0.717, 1.165) is 55.7 Å². The molecule has 1 saturated heterocycles. The minimum atomic E-state index is -0.608. The Hall–Kier alpha value is -2.43. The summed E-state index contributed by atoms with van der Waals surface area (Å²) in [4.78, 5) is 20.0. The first-order valence-corrected chi connectivity index (χ1v) is 10.4. The molecule has 1 amide bonds. The predicted molar refractivity (Wildman–Crippen MR) is 109 cm³/mol. The van der Waals surface area contributed by atoms with Crippen LogP contribution in [-0.2, 0) is 16.8 Å². The van der Waals surface area contributed by atoms with Crippen molar-refractivity contribution in [3.63, 3.8) is 0 Å². The van der Waals surface area contributed by atoms with Crippen LogP contribution in [0.15, 0.2) is 42.6 Å². The summed E-state index contributed by atoms with van der Waals surface area (Å²) in [5, 5.41) is 3.08. The van der Waals surface area contributed by atoms with Crippen molar-refractivity contribution in [3.8, 4) is 0 Å². The van der Waals surface area contributed by atoms with E-state index in [1.54, 1.807) is 6.07 Å². The van der Waals surface area contributed by atoms with Gasteiger partial charge in [0.1, 0.15) is 11.6 Å². The van der Waals surface area contributed by atoms with Gasteiger partial charge in [0.05, 0.1) is 5.41 Å². The van der Waals surface area contributed by atoms with Crippen molar-refractivity contribution < 1.29 is 9.18 Å². The number of benzene rings is 1. The van der Waals surface area contributed by atoms with Crippen LogP contribution in [0, 0.1) is 5.82 Å². The maximum atomic E-state index is 13.8. The summed E-state index contributed by atoms with van der Waals surface area (Å²) in [6, 6.07) is 10.6. The summed E-state index contributed by atoms with van der Waals surface area (Å²) >= 11 is 0. The standard InChI is InChI=1S/C23H28FN3O/c24-20-8-6-7-19(15-20)23(11-2-3-12-23)22(28)26-17-18-9-10-21(25-16-18)27-13-4-1-5-14-27/h6-10,15-16H,1-5,11-14,17H2,(H,26,28). The molecule has 1 aliphatic heterocycles. The number of hydrogen-bond donors (Lipinski definition) is 1. The number of rotatable bonds is 5.